The van der Waals surface area contributed by atoms with Gasteiger partial charge in [0.05, 0.1) is 6.07 Å². The minimum absolute atomic E-state index is 0.0415. The summed E-state index contributed by atoms with van der Waals surface area (Å²) in [6, 6.07) is 6.14. The lowest BCUT2D eigenvalue weighted by Crippen LogP contribution is -2.40. The van der Waals surface area contributed by atoms with Crippen molar-refractivity contribution in [3.63, 3.8) is 0 Å². The van der Waals surface area contributed by atoms with Gasteiger partial charge in [0.1, 0.15) is 5.92 Å². The normalized spacial score (nSPS) is 13.1. The van der Waals surface area contributed by atoms with Crippen molar-refractivity contribution in [2.45, 2.75) is 33.1 Å². The molecule has 0 aliphatic rings. The molecule has 1 rings (SSSR count). The van der Waals surface area contributed by atoms with Crippen LogP contribution in [0.2, 0.25) is 0 Å². The lowest BCUT2D eigenvalue weighted by atomic mass is 9.90. The molecular weight excluding hydrogens is 244 g/mol. The molecule has 1 unspecified atom stereocenters. The van der Waals surface area contributed by atoms with Crippen LogP contribution in [0.3, 0.4) is 0 Å². The third-order valence-corrected chi connectivity index (χ3v) is 4.22. The highest BCUT2D eigenvalue weighted by Crippen LogP contribution is 2.26. The standard InChI is InChI=1S/C14H20N2OS/c1-10(2)11(8-15)13(17)16-9-14(3,4)12-6-5-7-18-12/h5-7,10-11H,9H2,1-4H3,(H,16,17). The van der Waals surface area contributed by atoms with Crippen molar-refractivity contribution >= 4 is 17.2 Å². The van der Waals surface area contributed by atoms with E-state index in [9.17, 15) is 4.79 Å². The Labute approximate surface area is 113 Å². The summed E-state index contributed by atoms with van der Waals surface area (Å²) in [5.74, 6) is -0.693. The van der Waals surface area contributed by atoms with Gasteiger partial charge in [0.15, 0.2) is 0 Å². The van der Waals surface area contributed by atoms with Crippen LogP contribution in [0.25, 0.3) is 0 Å². The van der Waals surface area contributed by atoms with Crippen LogP contribution in [0, 0.1) is 23.2 Å². The Bertz CT molecular complexity index is 429. The molecule has 1 atom stereocenters. The van der Waals surface area contributed by atoms with Crippen LogP contribution in [0.1, 0.15) is 32.6 Å². The highest BCUT2D eigenvalue weighted by molar-refractivity contribution is 7.10. The van der Waals surface area contributed by atoms with Gasteiger partial charge in [-0.25, -0.2) is 0 Å². The lowest BCUT2D eigenvalue weighted by Gasteiger charge is -2.24. The van der Waals surface area contributed by atoms with Gasteiger partial charge in [-0.2, -0.15) is 5.26 Å². The number of carbonyl (C=O) groups is 1. The molecule has 0 aromatic carbocycles. The Morgan fingerprint density at radius 1 is 1.56 bits per heavy atom. The average molecular weight is 264 g/mol. The second-order valence-electron chi connectivity index (χ2n) is 5.43. The van der Waals surface area contributed by atoms with E-state index in [-0.39, 0.29) is 17.2 Å². The Hall–Kier alpha value is -1.34. The summed E-state index contributed by atoms with van der Waals surface area (Å²) in [6.45, 7) is 8.51. The summed E-state index contributed by atoms with van der Waals surface area (Å²) in [7, 11) is 0. The zero-order valence-electron chi connectivity index (χ0n) is 11.4. The minimum atomic E-state index is -0.566. The van der Waals surface area contributed by atoms with E-state index in [4.69, 9.17) is 5.26 Å². The summed E-state index contributed by atoms with van der Waals surface area (Å²) < 4.78 is 0. The zero-order chi connectivity index (χ0) is 13.8. The quantitative estimate of drug-likeness (QED) is 0.889. The maximum Gasteiger partial charge on any atom is 0.237 e. The predicted octanol–water partition coefficient (Wildman–Crippen LogP) is 2.94. The van der Waals surface area contributed by atoms with Crippen molar-refractivity contribution in [1.82, 2.24) is 5.32 Å². The number of nitrogens with one attached hydrogen (secondary N) is 1. The number of thiophene rings is 1. The van der Waals surface area contributed by atoms with Crippen molar-refractivity contribution in [3.05, 3.63) is 22.4 Å². The lowest BCUT2D eigenvalue weighted by molar-refractivity contribution is -0.124. The van der Waals surface area contributed by atoms with Crippen molar-refractivity contribution in [1.29, 1.82) is 5.26 Å². The third kappa shape index (κ3) is 3.58. The van der Waals surface area contributed by atoms with Gasteiger partial charge < -0.3 is 5.32 Å². The predicted molar refractivity (Wildman–Crippen MR) is 74.3 cm³/mol. The van der Waals surface area contributed by atoms with E-state index in [1.807, 2.05) is 25.3 Å². The fourth-order valence-electron chi connectivity index (χ4n) is 1.68. The highest BCUT2D eigenvalue weighted by Gasteiger charge is 2.26. The molecule has 18 heavy (non-hydrogen) atoms. The molecule has 0 radical (unpaired) electrons. The maximum atomic E-state index is 11.9. The zero-order valence-corrected chi connectivity index (χ0v) is 12.2. The van der Waals surface area contributed by atoms with Gasteiger partial charge in [-0.05, 0) is 17.4 Å². The molecule has 0 saturated carbocycles. The van der Waals surface area contributed by atoms with Gasteiger partial charge in [-0.3, -0.25) is 4.79 Å². The number of rotatable bonds is 5. The van der Waals surface area contributed by atoms with Crippen molar-refractivity contribution in [2.24, 2.45) is 11.8 Å². The first kappa shape index (κ1) is 14.7. The van der Waals surface area contributed by atoms with Gasteiger partial charge in [0, 0.05) is 16.8 Å². The molecule has 98 valence electrons. The Morgan fingerprint density at radius 3 is 2.67 bits per heavy atom. The van der Waals surface area contributed by atoms with E-state index in [2.05, 4.69) is 31.3 Å². The molecule has 1 aromatic rings. The number of hydrogen-bond acceptors (Lipinski definition) is 3. The Kier molecular flexibility index (Phi) is 4.92. The van der Waals surface area contributed by atoms with Gasteiger partial charge in [-0.1, -0.05) is 33.8 Å². The van der Waals surface area contributed by atoms with E-state index in [1.165, 1.54) is 4.88 Å². The fourth-order valence-corrected chi connectivity index (χ4v) is 2.53. The number of nitriles is 1. The van der Waals surface area contributed by atoms with E-state index in [1.54, 1.807) is 11.3 Å². The van der Waals surface area contributed by atoms with Gasteiger partial charge in [0.2, 0.25) is 5.91 Å². The second-order valence-corrected chi connectivity index (χ2v) is 6.38. The second kappa shape index (κ2) is 6.01. The van der Waals surface area contributed by atoms with Crippen molar-refractivity contribution < 1.29 is 4.79 Å². The van der Waals surface area contributed by atoms with E-state index < -0.39 is 5.92 Å². The molecule has 1 N–H and O–H groups in total. The van der Waals surface area contributed by atoms with Crippen LogP contribution in [0.5, 0.6) is 0 Å². The monoisotopic (exact) mass is 264 g/mol. The SMILES string of the molecule is CC(C)C(C#N)C(=O)NCC(C)(C)c1cccs1. The van der Waals surface area contributed by atoms with Crippen LogP contribution in [0.15, 0.2) is 17.5 Å². The molecule has 0 bridgehead atoms. The molecular formula is C14H20N2OS. The summed E-state index contributed by atoms with van der Waals surface area (Å²) >= 11 is 1.69. The van der Waals surface area contributed by atoms with Crippen LogP contribution in [-0.2, 0) is 10.2 Å². The molecule has 0 aliphatic heterocycles. The molecule has 4 heteroatoms. The molecule has 0 fully saturated rings. The minimum Gasteiger partial charge on any atom is -0.354 e. The largest absolute Gasteiger partial charge is 0.354 e. The number of hydrogen-bond donors (Lipinski definition) is 1. The highest BCUT2D eigenvalue weighted by atomic mass is 32.1. The van der Waals surface area contributed by atoms with Crippen LogP contribution >= 0.6 is 11.3 Å². The van der Waals surface area contributed by atoms with Crippen molar-refractivity contribution in [3.8, 4) is 6.07 Å². The molecule has 3 nitrogen and oxygen atoms in total. The summed E-state index contributed by atoms with van der Waals surface area (Å²) in [4.78, 5) is 13.1. The molecule has 0 spiro atoms. The Morgan fingerprint density at radius 2 is 2.22 bits per heavy atom. The van der Waals surface area contributed by atoms with E-state index in [0.717, 1.165) is 0 Å². The summed E-state index contributed by atoms with van der Waals surface area (Å²) in [5, 5.41) is 13.9. The molecule has 0 aliphatic carbocycles. The van der Waals surface area contributed by atoms with Crippen LogP contribution < -0.4 is 5.32 Å². The van der Waals surface area contributed by atoms with Gasteiger partial charge in [0.25, 0.3) is 0 Å². The molecule has 0 saturated heterocycles. The Balaban J connectivity index is 2.61. The number of amides is 1. The first-order valence-electron chi connectivity index (χ1n) is 6.10. The van der Waals surface area contributed by atoms with Crippen molar-refractivity contribution in [2.75, 3.05) is 6.54 Å². The van der Waals surface area contributed by atoms with Gasteiger partial charge >= 0.3 is 0 Å². The topological polar surface area (TPSA) is 52.9 Å². The first-order valence-corrected chi connectivity index (χ1v) is 6.98. The van der Waals surface area contributed by atoms with E-state index in [0.29, 0.717) is 6.54 Å². The van der Waals surface area contributed by atoms with Crippen LogP contribution in [0.4, 0.5) is 0 Å². The summed E-state index contributed by atoms with van der Waals surface area (Å²) in [5.41, 5.74) is -0.0964. The molecule has 1 heterocycles. The fraction of sp³-hybridized carbons (Fsp3) is 0.571. The van der Waals surface area contributed by atoms with E-state index >= 15 is 0 Å². The smallest absolute Gasteiger partial charge is 0.237 e. The number of carbonyl (C=O) groups excluding carboxylic acids is 1. The molecule has 1 aromatic heterocycles. The summed E-state index contributed by atoms with van der Waals surface area (Å²) in [6.07, 6.45) is 0. The molecule has 1 amide bonds. The average Bonchev–Trinajstić information content (AvgIpc) is 2.81. The van der Waals surface area contributed by atoms with Gasteiger partial charge in [-0.15, -0.1) is 11.3 Å². The first-order chi connectivity index (χ1) is 8.38. The van der Waals surface area contributed by atoms with Crippen LogP contribution in [-0.4, -0.2) is 12.5 Å². The maximum absolute atomic E-state index is 11.9. The third-order valence-electron chi connectivity index (χ3n) is 2.98. The number of nitrogens with zero attached hydrogens (tertiary/aromatic N) is 1.